The van der Waals surface area contributed by atoms with E-state index < -0.39 is 0 Å². The molecule has 4 bridgehead atoms. The lowest BCUT2D eigenvalue weighted by Crippen LogP contribution is -2.14. The van der Waals surface area contributed by atoms with E-state index in [-0.39, 0.29) is 0 Å². The molecule has 1 heteroatoms. The fraction of sp³-hybridized carbons (Fsp3) is 0.757. The molecule has 0 radical (unpaired) electrons. The van der Waals surface area contributed by atoms with Gasteiger partial charge in [0, 0.05) is 11.1 Å². The van der Waals surface area contributed by atoms with E-state index in [1.54, 1.807) is 11.1 Å². The lowest BCUT2D eigenvalue weighted by atomic mass is 9.72. The highest BCUT2D eigenvalue weighted by atomic mass is 16.1. The summed E-state index contributed by atoms with van der Waals surface area (Å²) in [7, 11) is 0. The Balaban J connectivity index is 1.48. The maximum Gasteiger partial charge on any atom is 0.185 e. The number of ketones is 1. The molecule has 0 heterocycles. The molecule has 0 aromatic rings. The summed E-state index contributed by atoms with van der Waals surface area (Å²) in [4.78, 5) is 13.9. The van der Waals surface area contributed by atoms with Gasteiger partial charge in [0.2, 0.25) is 0 Å². The third-order valence-electron chi connectivity index (χ3n) is 10.5. The molecule has 38 heavy (non-hydrogen) atoms. The number of carbonyl (C=O) groups excluding carboxylic acids is 1. The molecule has 0 aromatic heterocycles. The molecule has 0 spiro atoms. The summed E-state index contributed by atoms with van der Waals surface area (Å²) in [6.45, 7) is 0. The van der Waals surface area contributed by atoms with Gasteiger partial charge in [-0.1, -0.05) is 77.0 Å². The van der Waals surface area contributed by atoms with Crippen LogP contribution in [0.2, 0.25) is 0 Å². The lowest BCUT2D eigenvalue weighted by Gasteiger charge is -2.33. The van der Waals surface area contributed by atoms with Crippen LogP contribution in [-0.4, -0.2) is 5.78 Å². The molecule has 0 N–H and O–H groups in total. The number of allylic oxidation sites excluding steroid dienone is 8. The number of fused-ring (bicyclic) bond motifs is 12. The highest BCUT2D eigenvalue weighted by Crippen LogP contribution is 2.46. The van der Waals surface area contributed by atoms with Crippen LogP contribution in [-0.2, 0) is 4.79 Å². The van der Waals surface area contributed by atoms with Gasteiger partial charge in [-0.05, 0) is 136 Å². The molecule has 0 amide bonds. The zero-order chi connectivity index (χ0) is 26.0. The Morgan fingerprint density at radius 3 is 0.605 bits per heavy atom. The quantitative estimate of drug-likeness (QED) is 0.313. The summed E-state index contributed by atoms with van der Waals surface area (Å²) in [6.07, 6.45) is 36.6. The summed E-state index contributed by atoms with van der Waals surface area (Å²) in [6, 6.07) is 0. The number of rotatable bonds is 0. The van der Waals surface area contributed by atoms with E-state index in [9.17, 15) is 4.79 Å². The second kappa shape index (κ2) is 14.9. The predicted molar refractivity (Wildman–Crippen MR) is 162 cm³/mol. The molecule has 1 nitrogen and oxygen atoms in total. The Kier molecular flexibility index (Phi) is 11.0. The van der Waals surface area contributed by atoms with Crippen LogP contribution in [0.15, 0.2) is 44.6 Å². The van der Waals surface area contributed by atoms with Crippen molar-refractivity contribution in [1.82, 2.24) is 0 Å². The van der Waals surface area contributed by atoms with Crippen LogP contribution in [0.3, 0.4) is 0 Å². The van der Waals surface area contributed by atoms with Crippen LogP contribution < -0.4 is 0 Å². The van der Waals surface area contributed by atoms with E-state index in [2.05, 4.69) is 0 Å². The predicted octanol–water partition coefficient (Wildman–Crippen LogP) is 11.7. The monoisotopic (exact) mass is 516 g/mol. The van der Waals surface area contributed by atoms with E-state index in [0.717, 1.165) is 12.8 Å². The fourth-order valence-corrected chi connectivity index (χ4v) is 8.36. The van der Waals surface area contributed by atoms with Crippen LogP contribution in [0.1, 0.15) is 180 Å². The fourth-order valence-electron chi connectivity index (χ4n) is 8.36. The molecular weight excluding hydrogens is 460 g/mol. The van der Waals surface area contributed by atoms with Gasteiger partial charge in [-0.25, -0.2) is 0 Å². The van der Waals surface area contributed by atoms with Crippen LogP contribution in [0.25, 0.3) is 0 Å². The van der Waals surface area contributed by atoms with Crippen molar-refractivity contribution in [2.45, 2.75) is 180 Å². The SMILES string of the molecule is O=C1C2=C3CCCCCCCC4=C5CCCCCCCC3=C1CCCCCCCC5=C4CCCCCCC2. The van der Waals surface area contributed by atoms with Crippen molar-refractivity contribution in [3.63, 3.8) is 0 Å². The summed E-state index contributed by atoms with van der Waals surface area (Å²) >= 11 is 0. The van der Waals surface area contributed by atoms with Gasteiger partial charge in [0.25, 0.3) is 0 Å². The van der Waals surface area contributed by atoms with Crippen molar-refractivity contribution in [2.24, 2.45) is 0 Å². The topological polar surface area (TPSA) is 17.1 Å². The van der Waals surface area contributed by atoms with Gasteiger partial charge >= 0.3 is 0 Å². The molecule has 0 unspecified atom stereocenters. The van der Waals surface area contributed by atoms with Gasteiger partial charge in [-0.15, -0.1) is 0 Å². The van der Waals surface area contributed by atoms with Crippen LogP contribution in [0.4, 0.5) is 0 Å². The number of hydrogen-bond donors (Lipinski definition) is 0. The molecule has 0 fully saturated rings. The standard InChI is InChI=1S/C37H56O/c38-37-35-27-19-11-3-7-15-23-31-29-21-13-5-1-9-17-25-33(35)34-26-18-10-2-6-14-22-30(29)32(31)24-16-8-4-12-20-28-36(34)37/h1-28H2. The second-order valence-electron chi connectivity index (χ2n) is 13.2. The lowest BCUT2D eigenvalue weighted by molar-refractivity contribution is -0.112. The summed E-state index contributed by atoms with van der Waals surface area (Å²) in [5.41, 5.74) is 13.0. The minimum Gasteiger partial charge on any atom is -0.289 e. The summed E-state index contributed by atoms with van der Waals surface area (Å²) in [5.74, 6) is 0.493. The second-order valence-corrected chi connectivity index (χ2v) is 13.2. The molecule has 0 saturated carbocycles. The van der Waals surface area contributed by atoms with Crippen molar-refractivity contribution in [3.05, 3.63) is 44.6 Å². The maximum atomic E-state index is 13.9. The average Bonchev–Trinajstić information content (AvgIpc) is 3.15. The van der Waals surface area contributed by atoms with Crippen LogP contribution in [0.5, 0.6) is 0 Å². The Morgan fingerprint density at radius 1 is 0.211 bits per heavy atom. The Labute approximate surface area is 234 Å². The first kappa shape index (κ1) is 28.2. The van der Waals surface area contributed by atoms with Gasteiger partial charge in [-0.2, -0.15) is 0 Å². The largest absolute Gasteiger partial charge is 0.289 e. The zero-order valence-electron chi connectivity index (χ0n) is 24.7. The number of hydrogen-bond acceptors (Lipinski definition) is 1. The molecule has 5 rings (SSSR count). The smallest absolute Gasteiger partial charge is 0.185 e. The van der Waals surface area contributed by atoms with E-state index >= 15 is 0 Å². The zero-order valence-corrected chi connectivity index (χ0v) is 24.7. The van der Waals surface area contributed by atoms with Crippen LogP contribution in [0, 0.1) is 0 Å². The van der Waals surface area contributed by atoms with Gasteiger partial charge < -0.3 is 0 Å². The normalized spacial score (nSPS) is 26.3. The number of Topliss-reactive ketones (excluding diaryl/α,β-unsaturated/α-hetero) is 1. The molecule has 210 valence electrons. The maximum absolute atomic E-state index is 13.9. The van der Waals surface area contributed by atoms with Gasteiger partial charge in [0.15, 0.2) is 5.78 Å². The molecule has 0 aromatic carbocycles. The van der Waals surface area contributed by atoms with Gasteiger partial charge in [0.05, 0.1) is 0 Å². The molecule has 0 aliphatic heterocycles. The van der Waals surface area contributed by atoms with Gasteiger partial charge in [0.1, 0.15) is 0 Å². The average molecular weight is 517 g/mol. The highest BCUT2D eigenvalue weighted by molar-refractivity contribution is 6.13. The highest BCUT2D eigenvalue weighted by Gasteiger charge is 2.31. The molecular formula is C37H56O. The van der Waals surface area contributed by atoms with E-state index in [1.807, 2.05) is 22.3 Å². The summed E-state index contributed by atoms with van der Waals surface area (Å²) in [5, 5.41) is 0. The van der Waals surface area contributed by atoms with Crippen LogP contribution >= 0.6 is 0 Å². The summed E-state index contributed by atoms with van der Waals surface area (Å²) < 4.78 is 0. The van der Waals surface area contributed by atoms with Gasteiger partial charge in [-0.3, -0.25) is 4.79 Å². The third kappa shape index (κ3) is 7.03. The first-order chi connectivity index (χ1) is 18.8. The van der Waals surface area contributed by atoms with Crippen molar-refractivity contribution in [3.8, 4) is 0 Å². The van der Waals surface area contributed by atoms with Crippen molar-refractivity contribution in [1.29, 1.82) is 0 Å². The number of carbonyl (C=O) groups is 1. The molecule has 0 atom stereocenters. The first-order valence-corrected chi connectivity index (χ1v) is 17.3. The molecule has 5 aliphatic rings. The van der Waals surface area contributed by atoms with Crippen molar-refractivity contribution >= 4 is 5.78 Å². The minimum atomic E-state index is 0.493. The molecule has 0 saturated heterocycles. The van der Waals surface area contributed by atoms with E-state index in [1.165, 1.54) is 178 Å². The van der Waals surface area contributed by atoms with Crippen molar-refractivity contribution in [2.75, 3.05) is 0 Å². The Morgan fingerprint density at radius 2 is 0.368 bits per heavy atom. The van der Waals surface area contributed by atoms with Crippen molar-refractivity contribution < 1.29 is 4.79 Å². The Hall–Kier alpha value is -1.37. The van der Waals surface area contributed by atoms with E-state index in [4.69, 9.17) is 0 Å². The first-order valence-electron chi connectivity index (χ1n) is 17.3. The minimum absolute atomic E-state index is 0.493. The third-order valence-corrected chi connectivity index (χ3v) is 10.5. The Bertz CT molecular complexity index is 877. The van der Waals surface area contributed by atoms with E-state index in [0.29, 0.717) is 5.78 Å². The molecule has 5 aliphatic carbocycles.